The second-order valence-corrected chi connectivity index (χ2v) is 7.81. The molecule has 0 N–H and O–H groups in total. The van der Waals surface area contributed by atoms with Gasteiger partial charge < -0.3 is 14.0 Å². The van der Waals surface area contributed by atoms with Crippen LogP contribution in [0.2, 0.25) is 0 Å². The smallest absolute Gasteiger partial charge is 0.348 e. The molecule has 9 nitrogen and oxygen atoms in total. The fraction of sp³-hybridized carbons (Fsp3) is 0.174. The van der Waals surface area contributed by atoms with Crippen molar-refractivity contribution in [1.29, 1.82) is 0 Å². The number of carbonyl (C=O) groups excluding carboxylic acids is 2. The summed E-state index contributed by atoms with van der Waals surface area (Å²) in [4.78, 5) is 29.2. The number of pyridine rings is 1. The minimum atomic E-state index is -1.29. The van der Waals surface area contributed by atoms with Gasteiger partial charge in [0.15, 0.2) is 0 Å². The molecule has 0 radical (unpaired) electrons. The summed E-state index contributed by atoms with van der Waals surface area (Å²) >= 11 is 0. The zero-order chi connectivity index (χ0) is 22.3. The minimum absolute atomic E-state index is 0.165. The van der Waals surface area contributed by atoms with E-state index in [0.29, 0.717) is 17.8 Å². The zero-order valence-electron chi connectivity index (χ0n) is 17.4. The van der Waals surface area contributed by atoms with Crippen LogP contribution in [0.25, 0.3) is 22.8 Å². The number of aromatic nitrogens is 5. The zero-order valence-corrected chi connectivity index (χ0v) is 17.4. The van der Waals surface area contributed by atoms with Gasteiger partial charge in [-0.25, -0.2) is 19.3 Å². The maximum Gasteiger partial charge on any atom is 0.348 e. The highest BCUT2D eigenvalue weighted by molar-refractivity contribution is 6.19. The molecule has 1 aliphatic rings. The van der Waals surface area contributed by atoms with E-state index in [0.717, 1.165) is 16.8 Å². The summed E-state index contributed by atoms with van der Waals surface area (Å²) in [7, 11) is 0. The van der Waals surface area contributed by atoms with Crippen LogP contribution < -0.4 is 0 Å². The van der Waals surface area contributed by atoms with E-state index in [1.807, 2.05) is 53.4 Å². The number of fused-ring (bicyclic) bond motifs is 1. The molecule has 1 saturated heterocycles. The van der Waals surface area contributed by atoms with E-state index in [4.69, 9.17) is 9.47 Å². The van der Waals surface area contributed by atoms with Crippen molar-refractivity contribution in [2.75, 3.05) is 0 Å². The lowest BCUT2D eigenvalue weighted by Crippen LogP contribution is -2.41. The van der Waals surface area contributed by atoms with Crippen LogP contribution in [-0.4, -0.2) is 42.3 Å². The summed E-state index contributed by atoms with van der Waals surface area (Å²) in [6.07, 6.45) is 6.82. The van der Waals surface area contributed by atoms with Gasteiger partial charge in [-0.3, -0.25) is 0 Å². The quantitative estimate of drug-likeness (QED) is 0.279. The Balaban J connectivity index is 1.50. The summed E-state index contributed by atoms with van der Waals surface area (Å²) in [5.74, 6) is -2.73. The number of hydrogen-bond donors (Lipinski definition) is 0. The second-order valence-electron chi connectivity index (χ2n) is 7.81. The van der Waals surface area contributed by atoms with E-state index in [1.54, 1.807) is 16.9 Å². The van der Waals surface area contributed by atoms with Gasteiger partial charge >= 0.3 is 11.9 Å². The lowest BCUT2D eigenvalue weighted by atomic mass is 10.1. The van der Waals surface area contributed by atoms with Gasteiger partial charge in [0.2, 0.25) is 0 Å². The molecule has 0 atom stereocenters. The molecule has 4 heterocycles. The topological polar surface area (TPSA) is 101 Å². The molecule has 0 amide bonds. The van der Waals surface area contributed by atoms with Gasteiger partial charge in [-0.05, 0) is 30.3 Å². The summed E-state index contributed by atoms with van der Waals surface area (Å²) in [5, 5.41) is 9.23. The Labute approximate surface area is 182 Å². The highest BCUT2D eigenvalue weighted by Gasteiger charge is 2.39. The SMILES string of the molecule is CC1(C)OC(=O)C(=Cc2cn(Cc3cn(-c4ccccc4)nn3)c3ncccc23)C(=O)O1. The van der Waals surface area contributed by atoms with Crippen LogP contribution in [0.5, 0.6) is 0 Å². The van der Waals surface area contributed by atoms with Gasteiger partial charge in [0.1, 0.15) is 16.9 Å². The summed E-state index contributed by atoms with van der Waals surface area (Å²) < 4.78 is 14.0. The number of rotatable bonds is 4. The number of benzene rings is 1. The molecule has 32 heavy (non-hydrogen) atoms. The molecule has 0 bridgehead atoms. The molecular weight excluding hydrogens is 410 g/mol. The van der Waals surface area contributed by atoms with E-state index in [9.17, 15) is 9.59 Å². The van der Waals surface area contributed by atoms with Gasteiger partial charge in [0.05, 0.1) is 18.4 Å². The lowest BCUT2D eigenvalue weighted by Gasteiger charge is -2.29. The Morgan fingerprint density at radius 2 is 1.75 bits per heavy atom. The van der Waals surface area contributed by atoms with E-state index >= 15 is 0 Å². The van der Waals surface area contributed by atoms with Gasteiger partial charge in [0.25, 0.3) is 5.79 Å². The van der Waals surface area contributed by atoms with Crippen LogP contribution >= 0.6 is 0 Å². The molecule has 160 valence electrons. The van der Waals surface area contributed by atoms with Crippen molar-refractivity contribution in [3.05, 3.63) is 77.9 Å². The van der Waals surface area contributed by atoms with Crippen LogP contribution in [0.4, 0.5) is 0 Å². The van der Waals surface area contributed by atoms with E-state index in [-0.39, 0.29) is 5.57 Å². The van der Waals surface area contributed by atoms with Crippen molar-refractivity contribution in [1.82, 2.24) is 24.5 Å². The number of nitrogens with zero attached hydrogens (tertiary/aromatic N) is 5. The molecule has 3 aromatic heterocycles. The van der Waals surface area contributed by atoms with Crippen LogP contribution in [0, 0.1) is 0 Å². The number of hydrogen-bond acceptors (Lipinski definition) is 7. The van der Waals surface area contributed by atoms with Crippen molar-refractivity contribution in [2.45, 2.75) is 26.2 Å². The first-order valence-electron chi connectivity index (χ1n) is 9.98. The lowest BCUT2D eigenvalue weighted by molar-refractivity contribution is -0.222. The highest BCUT2D eigenvalue weighted by Crippen LogP contribution is 2.27. The third-order valence-corrected chi connectivity index (χ3v) is 4.98. The Bertz CT molecular complexity index is 1350. The third kappa shape index (κ3) is 3.64. The van der Waals surface area contributed by atoms with Crippen molar-refractivity contribution in [3.63, 3.8) is 0 Å². The maximum atomic E-state index is 12.4. The molecule has 0 aliphatic carbocycles. The summed E-state index contributed by atoms with van der Waals surface area (Å²) in [6, 6.07) is 13.4. The number of para-hydroxylation sites is 1. The Morgan fingerprint density at radius 1 is 1.00 bits per heavy atom. The fourth-order valence-electron chi connectivity index (χ4n) is 3.57. The minimum Gasteiger partial charge on any atom is -0.419 e. The monoisotopic (exact) mass is 429 g/mol. The van der Waals surface area contributed by atoms with Crippen LogP contribution in [-0.2, 0) is 25.6 Å². The molecule has 9 heteroatoms. The molecule has 5 rings (SSSR count). The van der Waals surface area contributed by atoms with Crippen LogP contribution in [0.1, 0.15) is 25.1 Å². The first-order chi connectivity index (χ1) is 15.4. The molecule has 0 saturated carbocycles. The molecule has 0 unspecified atom stereocenters. The van der Waals surface area contributed by atoms with E-state index < -0.39 is 17.7 Å². The predicted molar refractivity (Wildman–Crippen MR) is 114 cm³/mol. The molecule has 1 aliphatic heterocycles. The van der Waals surface area contributed by atoms with Gasteiger partial charge in [-0.2, -0.15) is 0 Å². The Hall–Kier alpha value is -4.27. The molecular formula is C23H19N5O4. The predicted octanol–water partition coefficient (Wildman–Crippen LogP) is 2.88. The normalized spacial score (nSPS) is 15.5. The summed E-state index contributed by atoms with van der Waals surface area (Å²) in [6.45, 7) is 3.43. The Morgan fingerprint density at radius 3 is 2.50 bits per heavy atom. The largest absolute Gasteiger partial charge is 0.419 e. The van der Waals surface area contributed by atoms with Crippen molar-refractivity contribution in [3.8, 4) is 5.69 Å². The van der Waals surface area contributed by atoms with Crippen LogP contribution in [0.15, 0.2) is 66.6 Å². The Kier molecular flexibility index (Phi) is 4.58. The van der Waals surface area contributed by atoms with Crippen molar-refractivity contribution >= 4 is 29.0 Å². The number of esters is 2. The fourth-order valence-corrected chi connectivity index (χ4v) is 3.57. The van der Waals surface area contributed by atoms with Crippen LogP contribution in [0.3, 0.4) is 0 Å². The number of cyclic esters (lactones) is 2. The van der Waals surface area contributed by atoms with Gasteiger partial charge in [-0.1, -0.05) is 23.4 Å². The number of carbonyl (C=O) groups is 2. The standard InChI is InChI=1S/C23H19N5O4/c1-23(2)31-21(29)19(22(30)32-23)11-15-12-27(20-18(15)9-6-10-24-20)13-16-14-28(26-25-16)17-7-4-3-5-8-17/h3-12,14H,13H2,1-2H3. The first kappa shape index (κ1) is 19.7. The van der Waals surface area contributed by atoms with E-state index in [1.165, 1.54) is 19.9 Å². The van der Waals surface area contributed by atoms with Crippen molar-refractivity contribution in [2.24, 2.45) is 0 Å². The first-order valence-corrected chi connectivity index (χ1v) is 9.98. The maximum absolute atomic E-state index is 12.4. The van der Waals surface area contributed by atoms with Gasteiger partial charge in [-0.15, -0.1) is 5.10 Å². The average molecular weight is 429 g/mol. The average Bonchev–Trinajstić information content (AvgIpc) is 3.36. The molecule has 1 fully saturated rings. The number of ether oxygens (including phenoxy) is 2. The molecule has 1 aromatic carbocycles. The highest BCUT2D eigenvalue weighted by atomic mass is 16.7. The summed E-state index contributed by atoms with van der Waals surface area (Å²) in [5.41, 5.74) is 2.80. The van der Waals surface area contributed by atoms with Gasteiger partial charge in [0, 0.05) is 37.2 Å². The molecule has 0 spiro atoms. The van der Waals surface area contributed by atoms with Crippen molar-refractivity contribution < 1.29 is 19.1 Å². The molecule has 4 aromatic rings. The third-order valence-electron chi connectivity index (χ3n) is 4.98. The van der Waals surface area contributed by atoms with E-state index in [2.05, 4.69) is 15.3 Å². The second kappa shape index (κ2) is 7.45.